The third kappa shape index (κ3) is 2.02. The Balaban J connectivity index is 1.72. The van der Waals surface area contributed by atoms with Crippen LogP contribution in [0, 0.1) is 0 Å². The fraction of sp³-hybridized carbons (Fsp3) is 0.154. The third-order valence-corrected chi connectivity index (χ3v) is 2.85. The van der Waals surface area contributed by atoms with E-state index in [2.05, 4.69) is 15.3 Å². The summed E-state index contributed by atoms with van der Waals surface area (Å²) in [5.74, 6) is 0.281. The highest BCUT2D eigenvalue weighted by molar-refractivity contribution is 5.84. The van der Waals surface area contributed by atoms with Crippen molar-refractivity contribution in [1.82, 2.24) is 9.97 Å². The molecule has 1 aromatic carbocycles. The molecule has 0 aliphatic heterocycles. The number of nitrogens with one attached hydrogen (secondary N) is 2. The van der Waals surface area contributed by atoms with Gasteiger partial charge in [0.25, 0.3) is 6.01 Å². The molecule has 0 bridgehead atoms. The standard InChI is InChI=1S/C13H13N3O2/c17-10-1-2-12-11(7-10)9(8-16-12)3-4-14-13-15-5-6-18-13/h1-2,5-8,16-17H,3-4H2,(H,14,15). The summed E-state index contributed by atoms with van der Waals surface area (Å²) in [6.07, 6.45) is 5.92. The van der Waals surface area contributed by atoms with Crippen molar-refractivity contribution in [1.29, 1.82) is 0 Å². The van der Waals surface area contributed by atoms with Crippen molar-refractivity contribution in [3.63, 3.8) is 0 Å². The molecular weight excluding hydrogens is 230 g/mol. The van der Waals surface area contributed by atoms with Crippen LogP contribution >= 0.6 is 0 Å². The molecule has 0 aliphatic rings. The second kappa shape index (κ2) is 4.44. The minimum Gasteiger partial charge on any atom is -0.508 e. The first kappa shape index (κ1) is 10.7. The monoisotopic (exact) mass is 243 g/mol. The first-order valence-corrected chi connectivity index (χ1v) is 5.75. The van der Waals surface area contributed by atoms with Crippen molar-refractivity contribution < 1.29 is 9.52 Å². The number of aromatic amines is 1. The van der Waals surface area contributed by atoms with E-state index >= 15 is 0 Å². The summed E-state index contributed by atoms with van der Waals surface area (Å²) in [5, 5.41) is 13.6. The number of H-pyrrole nitrogens is 1. The van der Waals surface area contributed by atoms with Gasteiger partial charge in [-0.3, -0.25) is 0 Å². The number of aromatic nitrogens is 2. The van der Waals surface area contributed by atoms with Crippen LogP contribution in [0.3, 0.4) is 0 Å². The summed E-state index contributed by atoms with van der Waals surface area (Å²) in [6.45, 7) is 0.725. The zero-order valence-electron chi connectivity index (χ0n) is 9.68. The lowest BCUT2D eigenvalue weighted by Gasteiger charge is -2.01. The van der Waals surface area contributed by atoms with Crippen molar-refractivity contribution >= 4 is 16.9 Å². The lowest BCUT2D eigenvalue weighted by Crippen LogP contribution is -2.04. The fourth-order valence-electron chi connectivity index (χ4n) is 1.99. The van der Waals surface area contributed by atoms with Crippen molar-refractivity contribution in [3.05, 3.63) is 42.4 Å². The minimum absolute atomic E-state index is 0.281. The fourth-order valence-corrected chi connectivity index (χ4v) is 1.99. The maximum atomic E-state index is 9.49. The molecule has 2 heterocycles. The average molecular weight is 243 g/mol. The Bertz CT molecular complexity index is 643. The Hall–Kier alpha value is -2.43. The van der Waals surface area contributed by atoms with Crippen molar-refractivity contribution in [2.24, 2.45) is 0 Å². The van der Waals surface area contributed by atoms with Gasteiger partial charge in [-0.05, 0) is 30.2 Å². The molecule has 5 heteroatoms. The summed E-state index contributed by atoms with van der Waals surface area (Å²) < 4.78 is 5.09. The van der Waals surface area contributed by atoms with Gasteiger partial charge < -0.3 is 19.8 Å². The molecule has 0 unspecified atom stereocenters. The lowest BCUT2D eigenvalue weighted by atomic mass is 10.1. The van der Waals surface area contributed by atoms with Crippen LogP contribution in [-0.4, -0.2) is 21.6 Å². The molecule has 2 aromatic heterocycles. The van der Waals surface area contributed by atoms with Crippen LogP contribution in [0.25, 0.3) is 10.9 Å². The van der Waals surface area contributed by atoms with Gasteiger partial charge in [0.2, 0.25) is 0 Å². The van der Waals surface area contributed by atoms with Gasteiger partial charge in [-0.15, -0.1) is 0 Å². The minimum atomic E-state index is 0.281. The van der Waals surface area contributed by atoms with E-state index in [4.69, 9.17) is 4.42 Å². The number of fused-ring (bicyclic) bond motifs is 1. The number of aromatic hydroxyl groups is 1. The van der Waals surface area contributed by atoms with Crippen LogP contribution in [0.4, 0.5) is 6.01 Å². The smallest absolute Gasteiger partial charge is 0.294 e. The maximum absolute atomic E-state index is 9.49. The van der Waals surface area contributed by atoms with E-state index in [1.54, 1.807) is 18.3 Å². The van der Waals surface area contributed by atoms with Crippen molar-refractivity contribution in [2.45, 2.75) is 6.42 Å². The first-order valence-electron chi connectivity index (χ1n) is 5.75. The number of phenolic OH excluding ortho intramolecular Hbond substituents is 1. The molecule has 0 radical (unpaired) electrons. The molecule has 0 saturated heterocycles. The number of rotatable bonds is 4. The quantitative estimate of drug-likeness (QED) is 0.658. The highest BCUT2D eigenvalue weighted by Gasteiger charge is 2.04. The normalized spacial score (nSPS) is 10.9. The summed E-state index contributed by atoms with van der Waals surface area (Å²) in [4.78, 5) is 7.17. The van der Waals surface area contributed by atoms with E-state index in [-0.39, 0.29) is 5.75 Å². The van der Waals surface area contributed by atoms with Gasteiger partial charge in [0.15, 0.2) is 0 Å². The van der Waals surface area contributed by atoms with Gasteiger partial charge >= 0.3 is 0 Å². The Kier molecular flexibility index (Phi) is 2.64. The van der Waals surface area contributed by atoms with Crippen LogP contribution in [0.2, 0.25) is 0 Å². The third-order valence-electron chi connectivity index (χ3n) is 2.85. The zero-order valence-corrected chi connectivity index (χ0v) is 9.68. The van der Waals surface area contributed by atoms with Gasteiger partial charge in [0.05, 0.1) is 6.20 Å². The van der Waals surface area contributed by atoms with E-state index in [0.717, 1.165) is 29.4 Å². The predicted molar refractivity (Wildman–Crippen MR) is 68.7 cm³/mol. The molecule has 0 aliphatic carbocycles. The Morgan fingerprint density at radius 1 is 1.39 bits per heavy atom. The number of hydrogen-bond acceptors (Lipinski definition) is 4. The van der Waals surface area contributed by atoms with Crippen molar-refractivity contribution in [3.8, 4) is 5.75 Å². The summed E-state index contributed by atoms with van der Waals surface area (Å²) in [7, 11) is 0. The number of phenols is 1. The van der Waals surface area contributed by atoms with E-state index < -0.39 is 0 Å². The largest absolute Gasteiger partial charge is 0.508 e. The molecule has 0 spiro atoms. The number of hydrogen-bond donors (Lipinski definition) is 3. The molecule has 3 aromatic rings. The molecule has 0 atom stereocenters. The van der Waals surface area contributed by atoms with Crippen LogP contribution in [-0.2, 0) is 6.42 Å². The molecule has 92 valence electrons. The Morgan fingerprint density at radius 3 is 3.17 bits per heavy atom. The maximum Gasteiger partial charge on any atom is 0.294 e. The van der Waals surface area contributed by atoms with Crippen LogP contribution < -0.4 is 5.32 Å². The van der Waals surface area contributed by atoms with E-state index in [1.807, 2.05) is 12.3 Å². The summed E-state index contributed by atoms with van der Waals surface area (Å²) >= 11 is 0. The van der Waals surface area contributed by atoms with Gasteiger partial charge in [-0.1, -0.05) is 0 Å². The van der Waals surface area contributed by atoms with E-state index in [1.165, 1.54) is 6.26 Å². The average Bonchev–Trinajstić information content (AvgIpc) is 2.99. The van der Waals surface area contributed by atoms with Crippen LogP contribution in [0.1, 0.15) is 5.56 Å². The molecular formula is C13H13N3O2. The zero-order chi connectivity index (χ0) is 12.4. The van der Waals surface area contributed by atoms with Gasteiger partial charge in [-0.25, -0.2) is 4.98 Å². The van der Waals surface area contributed by atoms with Gasteiger partial charge in [0.1, 0.15) is 12.0 Å². The molecule has 0 fully saturated rings. The Labute approximate surface area is 103 Å². The molecule has 0 amide bonds. The number of benzene rings is 1. The summed E-state index contributed by atoms with van der Waals surface area (Å²) in [5.41, 5.74) is 2.18. The molecule has 18 heavy (non-hydrogen) atoms. The first-order chi connectivity index (χ1) is 8.83. The lowest BCUT2D eigenvalue weighted by molar-refractivity contribution is 0.476. The topological polar surface area (TPSA) is 74.1 Å². The molecule has 0 saturated carbocycles. The van der Waals surface area contributed by atoms with E-state index in [9.17, 15) is 5.11 Å². The molecule has 3 rings (SSSR count). The summed E-state index contributed by atoms with van der Waals surface area (Å²) in [6, 6.07) is 5.84. The predicted octanol–water partition coefficient (Wildman–Crippen LogP) is 2.52. The number of oxazole rings is 1. The Morgan fingerprint density at radius 2 is 2.33 bits per heavy atom. The van der Waals surface area contributed by atoms with E-state index in [0.29, 0.717) is 6.01 Å². The van der Waals surface area contributed by atoms with Gasteiger partial charge in [-0.2, -0.15) is 0 Å². The second-order valence-electron chi connectivity index (χ2n) is 4.06. The second-order valence-corrected chi connectivity index (χ2v) is 4.06. The number of anilines is 1. The number of nitrogens with zero attached hydrogens (tertiary/aromatic N) is 1. The highest BCUT2D eigenvalue weighted by atomic mass is 16.4. The van der Waals surface area contributed by atoms with Gasteiger partial charge in [0, 0.05) is 23.6 Å². The van der Waals surface area contributed by atoms with Crippen molar-refractivity contribution in [2.75, 3.05) is 11.9 Å². The van der Waals surface area contributed by atoms with Crippen LogP contribution in [0.15, 0.2) is 41.3 Å². The SMILES string of the molecule is Oc1ccc2[nH]cc(CCNc3ncco3)c2c1. The highest BCUT2D eigenvalue weighted by Crippen LogP contribution is 2.23. The van der Waals surface area contributed by atoms with Crippen LogP contribution in [0.5, 0.6) is 5.75 Å². The molecule has 5 nitrogen and oxygen atoms in total. The molecule has 3 N–H and O–H groups in total.